The van der Waals surface area contributed by atoms with Gasteiger partial charge in [-0.25, -0.2) is 0 Å². The number of aldehydes is 1. The Kier molecular flexibility index (Phi) is 5.17. The van der Waals surface area contributed by atoms with Crippen LogP contribution >= 0.6 is 0 Å². The maximum Gasteiger partial charge on any atom is 0.157 e. The molecule has 0 bridgehead atoms. The van der Waals surface area contributed by atoms with Crippen LogP contribution in [0.15, 0.2) is 0 Å². The molecule has 0 aromatic rings. The molecule has 1 saturated heterocycles. The fourth-order valence-corrected chi connectivity index (χ4v) is 1.58. The minimum absolute atomic E-state index is 0.305. The van der Waals surface area contributed by atoms with Crippen molar-refractivity contribution in [1.82, 2.24) is 0 Å². The van der Waals surface area contributed by atoms with Gasteiger partial charge >= 0.3 is 0 Å². The summed E-state index contributed by atoms with van der Waals surface area (Å²) in [6, 6.07) is 0. The zero-order chi connectivity index (χ0) is 11.3. The van der Waals surface area contributed by atoms with Crippen LogP contribution in [0, 0.1) is 0 Å². The number of unbranched alkanes of at least 4 members (excludes halogenated alkanes) is 1. The van der Waals surface area contributed by atoms with Crippen LogP contribution in [-0.4, -0.2) is 47.7 Å². The van der Waals surface area contributed by atoms with Crippen molar-refractivity contribution < 1.29 is 24.5 Å². The van der Waals surface area contributed by atoms with Crippen molar-refractivity contribution in [3.63, 3.8) is 0 Å². The number of rotatable bonds is 6. The summed E-state index contributed by atoms with van der Waals surface area (Å²) >= 11 is 0. The van der Waals surface area contributed by atoms with Crippen molar-refractivity contribution in [2.75, 3.05) is 6.61 Å². The Morgan fingerprint density at radius 1 is 1.67 bits per heavy atom. The third kappa shape index (κ3) is 3.53. The molecule has 15 heavy (non-hydrogen) atoms. The number of carbonyl (C=O) groups is 1. The van der Waals surface area contributed by atoms with E-state index in [2.05, 4.69) is 0 Å². The molecule has 1 fully saturated rings. The Morgan fingerprint density at radius 2 is 2.40 bits per heavy atom. The van der Waals surface area contributed by atoms with Gasteiger partial charge in [0.15, 0.2) is 12.6 Å². The summed E-state index contributed by atoms with van der Waals surface area (Å²) in [7, 11) is 0. The SMILES string of the molecule is CCCCOC1C[C@H](O)O[C@@H]1[C@@H](O)C=O. The maximum absolute atomic E-state index is 10.4. The Hall–Kier alpha value is -0.490. The lowest BCUT2D eigenvalue weighted by atomic mass is 10.1. The predicted molar refractivity (Wildman–Crippen MR) is 52.2 cm³/mol. The molecular formula is C10H18O5. The van der Waals surface area contributed by atoms with E-state index in [0.29, 0.717) is 19.3 Å². The molecule has 0 spiro atoms. The first kappa shape index (κ1) is 12.6. The van der Waals surface area contributed by atoms with E-state index in [-0.39, 0.29) is 0 Å². The van der Waals surface area contributed by atoms with E-state index in [9.17, 15) is 15.0 Å². The highest BCUT2D eigenvalue weighted by Crippen LogP contribution is 2.24. The fraction of sp³-hybridized carbons (Fsp3) is 0.900. The zero-order valence-electron chi connectivity index (χ0n) is 8.83. The first-order valence-electron chi connectivity index (χ1n) is 5.27. The van der Waals surface area contributed by atoms with Gasteiger partial charge in [0.05, 0.1) is 6.10 Å². The highest BCUT2D eigenvalue weighted by molar-refractivity contribution is 5.56. The molecule has 0 saturated carbocycles. The Balaban J connectivity index is 2.41. The predicted octanol–water partition coefficient (Wildman–Crippen LogP) is -0.161. The molecule has 1 heterocycles. The van der Waals surface area contributed by atoms with Crippen LogP contribution in [0.3, 0.4) is 0 Å². The van der Waals surface area contributed by atoms with E-state index in [1.807, 2.05) is 6.92 Å². The molecule has 2 N–H and O–H groups in total. The average Bonchev–Trinajstić information content (AvgIpc) is 2.59. The monoisotopic (exact) mass is 218 g/mol. The van der Waals surface area contributed by atoms with Crippen LogP contribution in [0.25, 0.3) is 0 Å². The standard InChI is InChI=1S/C10H18O5/c1-2-3-4-14-8-5-9(13)15-10(8)7(12)6-11/h6-10,12-13H,2-5H2,1H3/t7-,8?,9+,10+/m0/s1. The van der Waals surface area contributed by atoms with Crippen molar-refractivity contribution in [2.45, 2.75) is 50.8 Å². The van der Waals surface area contributed by atoms with Crippen molar-refractivity contribution in [2.24, 2.45) is 0 Å². The second kappa shape index (κ2) is 6.17. The van der Waals surface area contributed by atoms with Gasteiger partial charge in [-0.05, 0) is 6.42 Å². The molecule has 1 rings (SSSR count). The molecule has 1 unspecified atom stereocenters. The summed E-state index contributed by atoms with van der Waals surface area (Å²) in [6.45, 7) is 2.60. The van der Waals surface area contributed by atoms with Gasteiger partial charge in [-0.2, -0.15) is 0 Å². The van der Waals surface area contributed by atoms with E-state index in [1.54, 1.807) is 0 Å². The van der Waals surface area contributed by atoms with Gasteiger partial charge in [0.25, 0.3) is 0 Å². The average molecular weight is 218 g/mol. The van der Waals surface area contributed by atoms with Crippen molar-refractivity contribution in [1.29, 1.82) is 0 Å². The number of carbonyl (C=O) groups excluding carboxylic acids is 1. The summed E-state index contributed by atoms with van der Waals surface area (Å²) in [4.78, 5) is 10.4. The Morgan fingerprint density at radius 3 is 3.00 bits per heavy atom. The Bertz CT molecular complexity index is 196. The highest BCUT2D eigenvalue weighted by Gasteiger charge is 2.39. The summed E-state index contributed by atoms with van der Waals surface area (Å²) in [5.74, 6) is 0. The van der Waals surface area contributed by atoms with Crippen molar-refractivity contribution >= 4 is 6.29 Å². The molecule has 1 aliphatic rings. The minimum atomic E-state index is -1.23. The summed E-state index contributed by atoms with van der Waals surface area (Å²) in [5.41, 5.74) is 0. The maximum atomic E-state index is 10.4. The number of aliphatic hydroxyl groups excluding tert-OH is 2. The van der Waals surface area contributed by atoms with Gasteiger partial charge in [0.1, 0.15) is 12.2 Å². The number of hydrogen-bond acceptors (Lipinski definition) is 5. The Labute approximate surface area is 89.0 Å². The second-order valence-corrected chi connectivity index (χ2v) is 3.68. The largest absolute Gasteiger partial charge is 0.383 e. The third-order valence-corrected chi connectivity index (χ3v) is 2.42. The van der Waals surface area contributed by atoms with Crippen LogP contribution in [-0.2, 0) is 14.3 Å². The number of hydrogen-bond donors (Lipinski definition) is 2. The first-order valence-corrected chi connectivity index (χ1v) is 5.27. The van der Waals surface area contributed by atoms with Crippen molar-refractivity contribution in [3.8, 4) is 0 Å². The van der Waals surface area contributed by atoms with Crippen LogP contribution in [0.1, 0.15) is 26.2 Å². The quantitative estimate of drug-likeness (QED) is 0.478. The van der Waals surface area contributed by atoms with Gasteiger partial charge in [-0.15, -0.1) is 0 Å². The molecule has 0 aromatic carbocycles. The van der Waals surface area contributed by atoms with Gasteiger partial charge < -0.3 is 24.5 Å². The van der Waals surface area contributed by atoms with E-state index in [4.69, 9.17) is 9.47 Å². The number of ether oxygens (including phenoxy) is 2. The third-order valence-electron chi connectivity index (χ3n) is 2.42. The second-order valence-electron chi connectivity index (χ2n) is 3.68. The molecule has 88 valence electrons. The molecule has 0 amide bonds. The molecule has 1 aliphatic heterocycles. The molecule has 0 aromatic heterocycles. The van der Waals surface area contributed by atoms with E-state index >= 15 is 0 Å². The lowest BCUT2D eigenvalue weighted by molar-refractivity contribution is -0.145. The fourth-order valence-electron chi connectivity index (χ4n) is 1.58. The molecule has 4 atom stereocenters. The van der Waals surface area contributed by atoms with Gasteiger partial charge in [-0.3, -0.25) is 0 Å². The molecule has 5 heteroatoms. The van der Waals surface area contributed by atoms with Gasteiger partial charge in [0, 0.05) is 13.0 Å². The van der Waals surface area contributed by atoms with E-state index < -0.39 is 24.6 Å². The van der Waals surface area contributed by atoms with Crippen LogP contribution in [0.4, 0.5) is 0 Å². The zero-order valence-corrected chi connectivity index (χ0v) is 8.83. The lowest BCUT2D eigenvalue weighted by Crippen LogP contribution is -2.37. The first-order chi connectivity index (χ1) is 7.19. The summed E-state index contributed by atoms with van der Waals surface area (Å²) < 4.78 is 10.5. The van der Waals surface area contributed by atoms with E-state index in [1.165, 1.54) is 0 Å². The van der Waals surface area contributed by atoms with E-state index in [0.717, 1.165) is 12.8 Å². The topological polar surface area (TPSA) is 76.0 Å². The smallest absolute Gasteiger partial charge is 0.157 e. The van der Waals surface area contributed by atoms with Gasteiger partial charge in [-0.1, -0.05) is 13.3 Å². The molecular weight excluding hydrogens is 200 g/mol. The van der Waals surface area contributed by atoms with Crippen molar-refractivity contribution in [3.05, 3.63) is 0 Å². The van der Waals surface area contributed by atoms with Crippen LogP contribution in [0.2, 0.25) is 0 Å². The van der Waals surface area contributed by atoms with Crippen LogP contribution < -0.4 is 0 Å². The lowest BCUT2D eigenvalue weighted by Gasteiger charge is -2.20. The minimum Gasteiger partial charge on any atom is -0.383 e. The normalized spacial score (nSPS) is 32.9. The summed E-state index contributed by atoms with van der Waals surface area (Å²) in [6.07, 6.45) is -0.683. The van der Waals surface area contributed by atoms with Gasteiger partial charge in [0.2, 0.25) is 0 Å². The highest BCUT2D eigenvalue weighted by atomic mass is 16.6. The molecule has 0 aliphatic carbocycles. The summed E-state index contributed by atoms with van der Waals surface area (Å²) in [5, 5.41) is 18.6. The van der Waals surface area contributed by atoms with Crippen LogP contribution in [0.5, 0.6) is 0 Å². The molecule has 0 radical (unpaired) electrons. The molecule has 5 nitrogen and oxygen atoms in total. The number of aliphatic hydroxyl groups is 2.